The molecule has 1 saturated heterocycles. The Balaban J connectivity index is 1.53. The van der Waals surface area contributed by atoms with Crippen molar-refractivity contribution in [3.05, 3.63) is 69.2 Å². The number of non-ortho nitro benzene ring substituents is 1. The van der Waals surface area contributed by atoms with Crippen LogP contribution >= 0.6 is 11.6 Å². The number of rotatable bonds is 5. The zero-order valence-corrected chi connectivity index (χ0v) is 15.7. The fourth-order valence-electron chi connectivity index (χ4n) is 2.93. The molecule has 9 heteroatoms. The molecule has 1 aliphatic rings. The number of amides is 1. The minimum absolute atomic E-state index is 0.0273. The van der Waals surface area contributed by atoms with Crippen molar-refractivity contribution in [2.24, 2.45) is 0 Å². The van der Waals surface area contributed by atoms with Crippen molar-refractivity contribution in [3.63, 3.8) is 0 Å². The number of piperazine rings is 1. The zero-order chi connectivity index (χ0) is 20.1. The largest absolute Gasteiger partial charge is 0.452 e. The summed E-state index contributed by atoms with van der Waals surface area (Å²) < 4.78 is 5.02. The van der Waals surface area contributed by atoms with Crippen LogP contribution in [0.3, 0.4) is 0 Å². The Bertz CT molecular complexity index is 882. The molecule has 28 heavy (non-hydrogen) atoms. The van der Waals surface area contributed by atoms with Crippen LogP contribution in [-0.4, -0.2) is 54.5 Å². The van der Waals surface area contributed by atoms with Crippen LogP contribution in [0.1, 0.15) is 10.4 Å². The number of esters is 1. The number of halogens is 1. The van der Waals surface area contributed by atoms with Crippen molar-refractivity contribution < 1.29 is 19.2 Å². The van der Waals surface area contributed by atoms with Gasteiger partial charge in [-0.2, -0.15) is 0 Å². The third-order valence-electron chi connectivity index (χ3n) is 4.46. The van der Waals surface area contributed by atoms with Gasteiger partial charge in [0.1, 0.15) is 0 Å². The normalized spacial score (nSPS) is 13.9. The first-order chi connectivity index (χ1) is 13.5. The highest BCUT2D eigenvalue weighted by Gasteiger charge is 2.23. The minimum Gasteiger partial charge on any atom is -0.452 e. The van der Waals surface area contributed by atoms with Crippen LogP contribution in [0.4, 0.5) is 11.4 Å². The van der Waals surface area contributed by atoms with Gasteiger partial charge in [0, 0.05) is 44.0 Å². The highest BCUT2D eigenvalue weighted by molar-refractivity contribution is 6.33. The molecule has 0 unspecified atom stereocenters. The number of carbonyl (C=O) groups is 2. The van der Waals surface area contributed by atoms with E-state index >= 15 is 0 Å². The molecule has 8 nitrogen and oxygen atoms in total. The number of nitro groups is 1. The molecule has 2 aromatic carbocycles. The average Bonchev–Trinajstić information content (AvgIpc) is 2.72. The maximum Gasteiger partial charge on any atom is 0.340 e. The molecule has 0 atom stereocenters. The lowest BCUT2D eigenvalue weighted by Crippen LogP contribution is -2.49. The maximum atomic E-state index is 12.3. The van der Waals surface area contributed by atoms with Crippen molar-refractivity contribution in [1.82, 2.24) is 4.90 Å². The topological polar surface area (TPSA) is 93.0 Å². The van der Waals surface area contributed by atoms with E-state index in [0.717, 1.165) is 11.8 Å². The van der Waals surface area contributed by atoms with Gasteiger partial charge in [-0.3, -0.25) is 14.9 Å². The standard InChI is InChI=1S/C19H18ClN3O5/c20-17-7-6-15(23(26)27)12-16(17)19(25)28-13-18(24)22-10-8-21(9-11-22)14-4-2-1-3-5-14/h1-7,12H,8-11,13H2. The van der Waals surface area contributed by atoms with E-state index in [2.05, 4.69) is 4.90 Å². The van der Waals surface area contributed by atoms with Crippen molar-refractivity contribution in [3.8, 4) is 0 Å². The van der Waals surface area contributed by atoms with Gasteiger partial charge in [0.25, 0.3) is 11.6 Å². The Morgan fingerprint density at radius 1 is 1.07 bits per heavy atom. The van der Waals surface area contributed by atoms with E-state index in [0.29, 0.717) is 26.2 Å². The fraction of sp³-hybridized carbons (Fsp3) is 0.263. The summed E-state index contributed by atoms with van der Waals surface area (Å²) in [5.41, 5.74) is 0.679. The molecule has 0 saturated carbocycles. The van der Waals surface area contributed by atoms with Crippen LogP contribution in [-0.2, 0) is 9.53 Å². The molecule has 2 aromatic rings. The first-order valence-corrected chi connectivity index (χ1v) is 9.02. The summed E-state index contributed by atoms with van der Waals surface area (Å²) in [5.74, 6) is -1.19. The summed E-state index contributed by atoms with van der Waals surface area (Å²) in [6.45, 7) is 1.95. The third kappa shape index (κ3) is 4.58. The van der Waals surface area contributed by atoms with Gasteiger partial charge in [0.05, 0.1) is 15.5 Å². The molecule has 0 spiro atoms. The van der Waals surface area contributed by atoms with Crippen LogP contribution < -0.4 is 4.90 Å². The van der Waals surface area contributed by atoms with Crippen LogP contribution in [0, 0.1) is 10.1 Å². The van der Waals surface area contributed by atoms with Crippen molar-refractivity contribution in [2.75, 3.05) is 37.7 Å². The van der Waals surface area contributed by atoms with Gasteiger partial charge in [-0.15, -0.1) is 0 Å². The lowest BCUT2D eigenvalue weighted by Gasteiger charge is -2.36. The van der Waals surface area contributed by atoms with E-state index in [1.807, 2.05) is 30.3 Å². The van der Waals surface area contributed by atoms with Crippen molar-refractivity contribution in [2.45, 2.75) is 0 Å². The molecule has 1 fully saturated rings. The summed E-state index contributed by atoms with van der Waals surface area (Å²) in [6.07, 6.45) is 0. The van der Waals surface area contributed by atoms with E-state index in [4.69, 9.17) is 16.3 Å². The molecule has 1 heterocycles. The molecule has 0 radical (unpaired) electrons. The molecule has 0 N–H and O–H groups in total. The second-order valence-electron chi connectivity index (χ2n) is 6.20. The maximum absolute atomic E-state index is 12.3. The first kappa shape index (κ1) is 19.6. The minimum atomic E-state index is -0.870. The average molecular weight is 404 g/mol. The van der Waals surface area contributed by atoms with Crippen LogP contribution in [0.15, 0.2) is 48.5 Å². The number of carbonyl (C=O) groups excluding carboxylic acids is 2. The van der Waals surface area contributed by atoms with E-state index in [9.17, 15) is 19.7 Å². The first-order valence-electron chi connectivity index (χ1n) is 8.64. The van der Waals surface area contributed by atoms with Gasteiger partial charge in [0.15, 0.2) is 6.61 Å². The molecular formula is C19H18ClN3O5. The van der Waals surface area contributed by atoms with Gasteiger partial charge in [-0.05, 0) is 18.2 Å². The molecule has 0 aliphatic carbocycles. The molecule has 1 amide bonds. The Morgan fingerprint density at radius 2 is 1.75 bits per heavy atom. The number of hydrogen-bond acceptors (Lipinski definition) is 6. The van der Waals surface area contributed by atoms with Crippen LogP contribution in [0.5, 0.6) is 0 Å². The van der Waals surface area contributed by atoms with E-state index in [1.54, 1.807) is 4.90 Å². The summed E-state index contributed by atoms with van der Waals surface area (Å²) in [6, 6.07) is 13.4. The van der Waals surface area contributed by atoms with E-state index in [1.165, 1.54) is 12.1 Å². The molecule has 3 rings (SSSR count). The monoisotopic (exact) mass is 403 g/mol. The van der Waals surface area contributed by atoms with Crippen molar-refractivity contribution >= 4 is 34.9 Å². The summed E-state index contributed by atoms with van der Waals surface area (Å²) >= 11 is 5.91. The van der Waals surface area contributed by atoms with Gasteiger partial charge in [-0.25, -0.2) is 4.79 Å². The molecule has 0 bridgehead atoms. The molecule has 0 aromatic heterocycles. The number of nitrogens with zero attached hydrogens (tertiary/aromatic N) is 3. The highest BCUT2D eigenvalue weighted by Crippen LogP contribution is 2.23. The second-order valence-corrected chi connectivity index (χ2v) is 6.61. The quantitative estimate of drug-likeness (QED) is 0.433. The number of ether oxygens (including phenoxy) is 1. The Kier molecular flexibility index (Phi) is 6.10. The predicted octanol–water partition coefficient (Wildman–Crippen LogP) is 2.75. The highest BCUT2D eigenvalue weighted by atomic mass is 35.5. The van der Waals surface area contributed by atoms with Crippen LogP contribution in [0.25, 0.3) is 0 Å². The zero-order valence-electron chi connectivity index (χ0n) is 14.9. The Hall–Kier alpha value is -3.13. The van der Waals surface area contributed by atoms with Gasteiger partial charge >= 0.3 is 5.97 Å². The number of anilines is 1. The summed E-state index contributed by atoms with van der Waals surface area (Å²) in [4.78, 5) is 38.5. The number of nitro benzene ring substituents is 1. The summed E-state index contributed by atoms with van der Waals surface area (Å²) in [5, 5.41) is 10.9. The van der Waals surface area contributed by atoms with Gasteiger partial charge in [0.2, 0.25) is 0 Å². The summed E-state index contributed by atoms with van der Waals surface area (Å²) in [7, 11) is 0. The lowest BCUT2D eigenvalue weighted by molar-refractivity contribution is -0.384. The molecule has 146 valence electrons. The predicted molar refractivity (Wildman–Crippen MR) is 104 cm³/mol. The lowest BCUT2D eigenvalue weighted by atomic mass is 10.2. The van der Waals surface area contributed by atoms with E-state index < -0.39 is 17.5 Å². The number of para-hydroxylation sites is 1. The Morgan fingerprint density at radius 3 is 2.39 bits per heavy atom. The number of benzene rings is 2. The third-order valence-corrected chi connectivity index (χ3v) is 4.79. The smallest absolute Gasteiger partial charge is 0.340 e. The number of hydrogen-bond donors (Lipinski definition) is 0. The van der Waals surface area contributed by atoms with Crippen LogP contribution in [0.2, 0.25) is 5.02 Å². The van der Waals surface area contributed by atoms with Crippen molar-refractivity contribution in [1.29, 1.82) is 0 Å². The second kappa shape index (κ2) is 8.71. The Labute approximate surface area is 166 Å². The molecular weight excluding hydrogens is 386 g/mol. The molecule has 1 aliphatic heterocycles. The SMILES string of the molecule is O=C(OCC(=O)N1CCN(c2ccccc2)CC1)c1cc([N+](=O)[O-])ccc1Cl. The fourth-order valence-corrected chi connectivity index (χ4v) is 3.13. The van der Waals surface area contributed by atoms with E-state index in [-0.39, 0.29) is 22.2 Å². The van der Waals surface area contributed by atoms with Gasteiger partial charge in [-0.1, -0.05) is 29.8 Å². The van der Waals surface area contributed by atoms with Gasteiger partial charge < -0.3 is 14.5 Å².